The molecule has 0 amide bonds. The number of anilines is 3. The summed E-state index contributed by atoms with van der Waals surface area (Å²) in [6.45, 7) is 0. The van der Waals surface area contributed by atoms with Gasteiger partial charge in [0.2, 0.25) is 0 Å². The zero-order valence-electron chi connectivity index (χ0n) is 36.1. The lowest BCUT2D eigenvalue weighted by Gasteiger charge is -2.52. The molecule has 6 atom stereocenters. The van der Waals surface area contributed by atoms with Crippen molar-refractivity contribution in [1.29, 1.82) is 0 Å². The average molecular weight is 835 g/mol. The molecule has 11 aromatic rings. The van der Waals surface area contributed by atoms with Gasteiger partial charge in [0.05, 0.1) is 16.7 Å². The van der Waals surface area contributed by atoms with E-state index in [9.17, 15) is 0 Å². The number of fused-ring (bicyclic) bond motifs is 8. The highest BCUT2D eigenvalue weighted by Crippen LogP contribution is 2.79. The van der Waals surface area contributed by atoms with Crippen molar-refractivity contribution in [3.8, 4) is 27.9 Å². The quantitative estimate of drug-likeness (QED) is 0.159. The van der Waals surface area contributed by atoms with Crippen LogP contribution in [-0.4, -0.2) is 4.57 Å². The number of hydrogen-bond acceptors (Lipinski definition) is 2. The van der Waals surface area contributed by atoms with Gasteiger partial charge in [-0.1, -0.05) is 152 Å². The van der Waals surface area contributed by atoms with Crippen LogP contribution in [0.5, 0.6) is 0 Å². The summed E-state index contributed by atoms with van der Waals surface area (Å²) >= 11 is 0. The summed E-state index contributed by atoms with van der Waals surface area (Å²) in [6, 6.07) is 74.2. The average Bonchev–Trinajstić information content (AvgIpc) is 4.03. The van der Waals surface area contributed by atoms with Gasteiger partial charge >= 0.3 is 0 Å². The van der Waals surface area contributed by atoms with Crippen LogP contribution in [0.2, 0.25) is 0 Å². The highest BCUT2D eigenvalue weighted by molar-refractivity contribution is 6.19. The molecule has 4 fully saturated rings. The zero-order valence-corrected chi connectivity index (χ0v) is 36.1. The molecule has 4 saturated carbocycles. The number of rotatable bonds is 7. The minimum absolute atomic E-state index is 0.280. The van der Waals surface area contributed by atoms with E-state index in [-0.39, 0.29) is 5.41 Å². The molecule has 3 nitrogen and oxygen atoms in total. The maximum atomic E-state index is 6.52. The van der Waals surface area contributed by atoms with Gasteiger partial charge in [-0.05, 0) is 126 Å². The first-order valence-electron chi connectivity index (χ1n) is 23.7. The van der Waals surface area contributed by atoms with Gasteiger partial charge in [-0.3, -0.25) is 0 Å². The molecule has 4 aliphatic carbocycles. The Hall–Kier alpha value is -7.36. The van der Waals surface area contributed by atoms with E-state index in [1.165, 1.54) is 92.1 Å². The highest BCUT2D eigenvalue weighted by Gasteiger charge is 2.73. The Morgan fingerprint density at radius 3 is 1.98 bits per heavy atom. The van der Waals surface area contributed by atoms with Crippen molar-refractivity contribution in [3.63, 3.8) is 0 Å². The first-order valence-corrected chi connectivity index (χ1v) is 23.7. The topological polar surface area (TPSA) is 21.3 Å². The lowest BCUT2D eigenvalue weighted by atomic mass is 9.53. The molecule has 3 heteroatoms. The monoisotopic (exact) mass is 834 g/mol. The van der Waals surface area contributed by atoms with Crippen molar-refractivity contribution in [2.75, 3.05) is 4.90 Å². The molecule has 0 radical (unpaired) electrons. The van der Waals surface area contributed by atoms with E-state index in [0.29, 0.717) is 0 Å². The van der Waals surface area contributed by atoms with E-state index in [4.69, 9.17) is 4.42 Å². The molecular weight excluding hydrogens is 789 g/mol. The van der Waals surface area contributed by atoms with Gasteiger partial charge in [0.1, 0.15) is 11.2 Å². The molecule has 15 rings (SSSR count). The largest absolute Gasteiger partial charge is 0.455 e. The lowest BCUT2D eigenvalue weighted by Crippen LogP contribution is -2.47. The first-order chi connectivity index (χ1) is 32.2. The third kappa shape index (κ3) is 4.96. The maximum Gasteiger partial charge on any atom is 0.143 e. The zero-order chi connectivity index (χ0) is 42.4. The van der Waals surface area contributed by atoms with Crippen LogP contribution >= 0.6 is 0 Å². The summed E-state index contributed by atoms with van der Waals surface area (Å²) in [6.07, 6.45) is 5.62. The summed E-state index contributed by atoms with van der Waals surface area (Å²) in [4.78, 5) is 2.56. The molecule has 2 aromatic heterocycles. The fourth-order valence-corrected chi connectivity index (χ4v) is 14.3. The van der Waals surface area contributed by atoms with Gasteiger partial charge in [-0.2, -0.15) is 0 Å². The molecule has 310 valence electrons. The van der Waals surface area contributed by atoms with Crippen LogP contribution in [0.4, 0.5) is 17.1 Å². The van der Waals surface area contributed by atoms with Gasteiger partial charge in [-0.25, -0.2) is 0 Å². The van der Waals surface area contributed by atoms with Gasteiger partial charge in [0.25, 0.3) is 0 Å². The Bertz CT molecular complexity index is 3720. The summed E-state index contributed by atoms with van der Waals surface area (Å²) in [5, 5.41) is 7.38. The molecule has 0 N–H and O–H groups in total. The second-order valence-corrected chi connectivity index (χ2v) is 19.7. The number of furan rings is 1. The molecule has 0 aliphatic heterocycles. The van der Waals surface area contributed by atoms with Crippen LogP contribution in [0, 0.1) is 29.6 Å². The summed E-state index contributed by atoms with van der Waals surface area (Å²) in [5.41, 5.74) is 15.7. The fourth-order valence-electron chi connectivity index (χ4n) is 14.3. The number of benzene rings is 9. The number of para-hydroxylation sites is 5. The standard InChI is InChI=1S/C62H46N2O/c1-2-14-47-38(12-1)28-33-51-49-15-4-8-21-55(49)64(60(47)51)54-20-7-3-13-46(54)39-24-29-44(30-25-39)63(56-22-9-6-19-53(56)62-36-42-34-41-35-43(37-62)59(62)58(41)42)45-31-26-40(27-32-45)48-17-11-18-52-50-16-5-10-23-57(50)65-61(48)52/h1-33,41-43,58-59H,34-37H2/t41-,42?,43?,58+,59?,62-/m1/s1. The van der Waals surface area contributed by atoms with Crippen molar-refractivity contribution in [1.82, 2.24) is 4.57 Å². The summed E-state index contributed by atoms with van der Waals surface area (Å²) < 4.78 is 9.02. The molecule has 0 saturated heterocycles. The second kappa shape index (κ2) is 13.3. The molecule has 65 heavy (non-hydrogen) atoms. The van der Waals surface area contributed by atoms with Crippen molar-refractivity contribution < 1.29 is 4.42 Å². The normalized spacial score (nSPS) is 22.7. The van der Waals surface area contributed by atoms with Crippen LogP contribution in [-0.2, 0) is 5.41 Å². The van der Waals surface area contributed by atoms with E-state index in [1.807, 2.05) is 0 Å². The molecule has 0 bridgehead atoms. The van der Waals surface area contributed by atoms with E-state index in [2.05, 4.69) is 210 Å². The van der Waals surface area contributed by atoms with E-state index < -0.39 is 0 Å². The van der Waals surface area contributed by atoms with Gasteiger partial charge in [0, 0.05) is 60.5 Å². The number of nitrogens with zero attached hydrogens (tertiary/aromatic N) is 2. The first kappa shape index (κ1) is 36.0. The van der Waals surface area contributed by atoms with E-state index in [0.717, 1.165) is 62.7 Å². The Balaban J connectivity index is 0.877. The molecule has 4 aliphatic rings. The molecule has 3 unspecified atom stereocenters. The molecule has 2 heterocycles. The molecular formula is C62H46N2O. The third-order valence-electron chi connectivity index (χ3n) is 16.8. The minimum Gasteiger partial charge on any atom is -0.455 e. The van der Waals surface area contributed by atoms with Crippen LogP contribution < -0.4 is 4.90 Å². The highest BCUT2D eigenvalue weighted by atomic mass is 16.3. The van der Waals surface area contributed by atoms with E-state index in [1.54, 1.807) is 5.56 Å². The Morgan fingerprint density at radius 2 is 1.12 bits per heavy atom. The Labute approximate surface area is 378 Å². The van der Waals surface area contributed by atoms with Crippen molar-refractivity contribution in [3.05, 3.63) is 206 Å². The summed E-state index contributed by atoms with van der Waals surface area (Å²) in [7, 11) is 0. The minimum atomic E-state index is 0.280. The van der Waals surface area contributed by atoms with Crippen molar-refractivity contribution >= 4 is 71.6 Å². The third-order valence-corrected chi connectivity index (χ3v) is 16.8. The smallest absolute Gasteiger partial charge is 0.143 e. The van der Waals surface area contributed by atoms with Crippen LogP contribution in [0.15, 0.2) is 205 Å². The van der Waals surface area contributed by atoms with Crippen molar-refractivity contribution in [2.45, 2.75) is 31.1 Å². The van der Waals surface area contributed by atoms with Crippen LogP contribution in [0.25, 0.3) is 82.5 Å². The number of aromatic nitrogens is 1. The number of hydrogen-bond donors (Lipinski definition) is 0. The Kier molecular flexibility index (Phi) is 7.40. The van der Waals surface area contributed by atoms with E-state index >= 15 is 0 Å². The molecule has 9 aromatic carbocycles. The molecule has 0 spiro atoms. The second-order valence-electron chi connectivity index (χ2n) is 19.7. The fraction of sp³-hybridized carbons (Fsp3) is 0.161. The van der Waals surface area contributed by atoms with Gasteiger partial charge < -0.3 is 13.9 Å². The lowest BCUT2D eigenvalue weighted by molar-refractivity contribution is 0.0688. The predicted molar refractivity (Wildman–Crippen MR) is 269 cm³/mol. The van der Waals surface area contributed by atoms with Gasteiger partial charge in [-0.15, -0.1) is 0 Å². The summed E-state index contributed by atoms with van der Waals surface area (Å²) in [5.74, 6) is 4.58. The van der Waals surface area contributed by atoms with Crippen LogP contribution in [0.1, 0.15) is 31.2 Å². The SMILES string of the molecule is c1ccc(-n2c3ccccc3c3ccc4ccccc4c32)c(-c2ccc(N(c3ccc(-c4cccc5c4oc4ccccc45)cc3)c3ccccc3[C@]34CC5C[C@H]6CC(C3)[C@H]6C54)cc2)c1. The predicted octanol–water partition coefficient (Wildman–Crippen LogP) is 16.6. The maximum absolute atomic E-state index is 6.52. The van der Waals surface area contributed by atoms with Crippen LogP contribution in [0.3, 0.4) is 0 Å². The van der Waals surface area contributed by atoms with Gasteiger partial charge in [0.15, 0.2) is 0 Å². The Morgan fingerprint density at radius 1 is 0.477 bits per heavy atom. The van der Waals surface area contributed by atoms with Crippen molar-refractivity contribution in [2.24, 2.45) is 29.6 Å².